The summed E-state index contributed by atoms with van der Waals surface area (Å²) in [5, 5.41) is 3.48. The van der Waals surface area contributed by atoms with Crippen LogP contribution in [-0.2, 0) is 0 Å². The molecular weight excluding hydrogens is 196 g/mol. The summed E-state index contributed by atoms with van der Waals surface area (Å²) >= 11 is 0. The van der Waals surface area contributed by atoms with Crippen molar-refractivity contribution in [3.63, 3.8) is 0 Å². The highest BCUT2D eigenvalue weighted by molar-refractivity contribution is 5.49. The van der Waals surface area contributed by atoms with Crippen molar-refractivity contribution in [3.05, 3.63) is 29.8 Å². The Labute approximate surface area is 98.7 Å². The standard InChI is InChI=1S/C14H22N2/c1-11(2)13-5-4-6-14(9-13)16-8-7-15-12(3)10-16/h4-6,9,11-12,15H,7-8,10H2,1-3H3/t12-/m1/s1. The van der Waals surface area contributed by atoms with Crippen molar-refractivity contribution in [3.8, 4) is 0 Å². The number of anilines is 1. The molecule has 1 heterocycles. The van der Waals surface area contributed by atoms with Crippen LogP contribution in [0.2, 0.25) is 0 Å². The number of rotatable bonds is 2. The monoisotopic (exact) mass is 218 g/mol. The molecule has 0 amide bonds. The van der Waals surface area contributed by atoms with Gasteiger partial charge in [0, 0.05) is 31.4 Å². The van der Waals surface area contributed by atoms with Gasteiger partial charge in [-0.2, -0.15) is 0 Å². The highest BCUT2D eigenvalue weighted by Crippen LogP contribution is 2.22. The summed E-state index contributed by atoms with van der Waals surface area (Å²) in [6, 6.07) is 9.56. The molecule has 16 heavy (non-hydrogen) atoms. The van der Waals surface area contributed by atoms with Crippen LogP contribution in [0.15, 0.2) is 24.3 Å². The predicted molar refractivity (Wildman–Crippen MR) is 70.2 cm³/mol. The fourth-order valence-electron chi connectivity index (χ4n) is 2.25. The Bertz CT molecular complexity index is 346. The molecule has 0 unspecified atom stereocenters. The second kappa shape index (κ2) is 4.88. The van der Waals surface area contributed by atoms with Crippen LogP contribution in [0.3, 0.4) is 0 Å². The Balaban J connectivity index is 2.16. The summed E-state index contributed by atoms with van der Waals surface area (Å²) in [7, 11) is 0. The molecule has 2 rings (SSSR count). The number of nitrogens with zero attached hydrogens (tertiary/aromatic N) is 1. The van der Waals surface area contributed by atoms with Crippen LogP contribution in [0.4, 0.5) is 5.69 Å². The first-order valence-electron chi connectivity index (χ1n) is 6.25. The van der Waals surface area contributed by atoms with Crippen LogP contribution >= 0.6 is 0 Å². The molecule has 1 saturated heterocycles. The van der Waals surface area contributed by atoms with Gasteiger partial charge in [0.2, 0.25) is 0 Å². The van der Waals surface area contributed by atoms with E-state index in [9.17, 15) is 0 Å². The summed E-state index contributed by atoms with van der Waals surface area (Å²) in [5.74, 6) is 0.611. The van der Waals surface area contributed by atoms with E-state index in [-0.39, 0.29) is 0 Å². The van der Waals surface area contributed by atoms with E-state index in [2.05, 4.69) is 55.3 Å². The third kappa shape index (κ3) is 2.56. The minimum absolute atomic E-state index is 0.594. The summed E-state index contributed by atoms with van der Waals surface area (Å²) < 4.78 is 0. The van der Waals surface area contributed by atoms with Gasteiger partial charge in [-0.25, -0.2) is 0 Å². The van der Waals surface area contributed by atoms with Crippen LogP contribution in [0.1, 0.15) is 32.3 Å². The van der Waals surface area contributed by atoms with E-state index in [1.807, 2.05) is 0 Å². The Hall–Kier alpha value is -1.02. The van der Waals surface area contributed by atoms with Gasteiger partial charge >= 0.3 is 0 Å². The quantitative estimate of drug-likeness (QED) is 0.821. The van der Waals surface area contributed by atoms with E-state index in [1.165, 1.54) is 11.3 Å². The molecule has 1 aromatic carbocycles. The fraction of sp³-hybridized carbons (Fsp3) is 0.571. The van der Waals surface area contributed by atoms with Crippen molar-refractivity contribution in [2.45, 2.75) is 32.7 Å². The number of hydrogen-bond donors (Lipinski definition) is 1. The molecule has 1 aromatic rings. The number of piperazine rings is 1. The smallest absolute Gasteiger partial charge is 0.0370 e. The lowest BCUT2D eigenvalue weighted by Crippen LogP contribution is -2.49. The van der Waals surface area contributed by atoms with Crippen molar-refractivity contribution in [2.75, 3.05) is 24.5 Å². The van der Waals surface area contributed by atoms with Gasteiger partial charge in [-0.3, -0.25) is 0 Å². The maximum atomic E-state index is 3.48. The average molecular weight is 218 g/mol. The minimum Gasteiger partial charge on any atom is -0.369 e. The molecule has 1 N–H and O–H groups in total. The van der Waals surface area contributed by atoms with Crippen LogP contribution in [-0.4, -0.2) is 25.7 Å². The minimum atomic E-state index is 0.594. The molecule has 1 aliphatic rings. The van der Waals surface area contributed by atoms with Gasteiger partial charge in [0.1, 0.15) is 0 Å². The van der Waals surface area contributed by atoms with Gasteiger partial charge in [0.05, 0.1) is 0 Å². The number of benzene rings is 1. The lowest BCUT2D eigenvalue weighted by Gasteiger charge is -2.34. The van der Waals surface area contributed by atoms with Gasteiger partial charge in [-0.1, -0.05) is 26.0 Å². The van der Waals surface area contributed by atoms with E-state index in [4.69, 9.17) is 0 Å². The molecule has 0 aliphatic carbocycles. The van der Waals surface area contributed by atoms with Gasteiger partial charge in [-0.05, 0) is 30.5 Å². The van der Waals surface area contributed by atoms with Gasteiger partial charge in [0.25, 0.3) is 0 Å². The van der Waals surface area contributed by atoms with Crippen LogP contribution in [0.25, 0.3) is 0 Å². The van der Waals surface area contributed by atoms with Gasteiger partial charge in [0.15, 0.2) is 0 Å². The molecule has 0 aromatic heterocycles. The summed E-state index contributed by atoms with van der Waals surface area (Å²) in [5.41, 5.74) is 2.81. The van der Waals surface area contributed by atoms with Gasteiger partial charge < -0.3 is 10.2 Å². The van der Waals surface area contributed by atoms with E-state index in [0.717, 1.165) is 19.6 Å². The third-order valence-corrected chi connectivity index (χ3v) is 3.27. The Morgan fingerprint density at radius 2 is 2.19 bits per heavy atom. The zero-order chi connectivity index (χ0) is 11.5. The van der Waals surface area contributed by atoms with E-state index >= 15 is 0 Å². The largest absolute Gasteiger partial charge is 0.369 e. The summed E-state index contributed by atoms with van der Waals surface area (Å²) in [6.45, 7) is 10.1. The van der Waals surface area contributed by atoms with E-state index in [0.29, 0.717) is 12.0 Å². The Morgan fingerprint density at radius 3 is 2.88 bits per heavy atom. The van der Waals surface area contributed by atoms with Crippen LogP contribution in [0.5, 0.6) is 0 Å². The molecule has 0 radical (unpaired) electrons. The van der Waals surface area contributed by atoms with Gasteiger partial charge in [-0.15, -0.1) is 0 Å². The average Bonchev–Trinajstić information content (AvgIpc) is 2.29. The van der Waals surface area contributed by atoms with E-state index < -0.39 is 0 Å². The highest BCUT2D eigenvalue weighted by Gasteiger charge is 2.16. The van der Waals surface area contributed by atoms with Crippen molar-refractivity contribution in [2.24, 2.45) is 0 Å². The molecule has 88 valence electrons. The first-order chi connectivity index (χ1) is 7.66. The first kappa shape index (κ1) is 11.5. The topological polar surface area (TPSA) is 15.3 Å². The Kier molecular flexibility index (Phi) is 3.49. The molecule has 0 bridgehead atoms. The summed E-state index contributed by atoms with van der Waals surface area (Å²) in [4.78, 5) is 2.48. The maximum absolute atomic E-state index is 3.48. The predicted octanol–water partition coefficient (Wildman–Crippen LogP) is 2.61. The summed E-state index contributed by atoms with van der Waals surface area (Å²) in [6.07, 6.45) is 0. The second-order valence-corrected chi connectivity index (χ2v) is 5.05. The van der Waals surface area contributed by atoms with Crippen molar-refractivity contribution in [1.82, 2.24) is 5.32 Å². The lowest BCUT2D eigenvalue weighted by atomic mass is 10.0. The van der Waals surface area contributed by atoms with Crippen LogP contribution in [0, 0.1) is 0 Å². The van der Waals surface area contributed by atoms with Crippen molar-refractivity contribution < 1.29 is 0 Å². The zero-order valence-electron chi connectivity index (χ0n) is 10.5. The Morgan fingerprint density at radius 1 is 1.38 bits per heavy atom. The molecule has 2 heteroatoms. The molecule has 1 fully saturated rings. The highest BCUT2D eigenvalue weighted by atomic mass is 15.2. The molecular formula is C14H22N2. The molecule has 2 nitrogen and oxygen atoms in total. The molecule has 0 saturated carbocycles. The number of hydrogen-bond acceptors (Lipinski definition) is 2. The van der Waals surface area contributed by atoms with Crippen molar-refractivity contribution >= 4 is 5.69 Å². The maximum Gasteiger partial charge on any atom is 0.0370 e. The third-order valence-electron chi connectivity index (χ3n) is 3.27. The van der Waals surface area contributed by atoms with Crippen molar-refractivity contribution in [1.29, 1.82) is 0 Å². The normalized spacial score (nSPS) is 21.5. The lowest BCUT2D eigenvalue weighted by molar-refractivity contribution is 0.485. The van der Waals surface area contributed by atoms with E-state index in [1.54, 1.807) is 0 Å². The molecule has 1 aliphatic heterocycles. The molecule has 0 spiro atoms. The number of nitrogens with one attached hydrogen (secondary N) is 1. The molecule has 1 atom stereocenters. The first-order valence-corrected chi connectivity index (χ1v) is 6.25. The zero-order valence-corrected chi connectivity index (χ0v) is 10.5. The fourth-order valence-corrected chi connectivity index (χ4v) is 2.25. The van der Waals surface area contributed by atoms with Crippen LogP contribution < -0.4 is 10.2 Å². The second-order valence-electron chi connectivity index (χ2n) is 5.05. The SMILES string of the molecule is CC(C)c1cccc(N2CCN[C@H](C)C2)c1.